The van der Waals surface area contributed by atoms with Gasteiger partial charge in [0.05, 0.1) is 0 Å². The molecular formula is C34H44N4. The zero-order valence-electron chi connectivity index (χ0n) is 24.0. The van der Waals surface area contributed by atoms with Gasteiger partial charge in [0.1, 0.15) is 0 Å². The zero-order valence-corrected chi connectivity index (χ0v) is 24.0. The van der Waals surface area contributed by atoms with Crippen molar-refractivity contribution < 1.29 is 0 Å². The molecule has 0 saturated heterocycles. The van der Waals surface area contributed by atoms with E-state index in [4.69, 9.17) is 4.99 Å². The topological polar surface area (TPSA) is 48.8 Å². The fourth-order valence-corrected chi connectivity index (χ4v) is 5.42. The summed E-state index contributed by atoms with van der Waals surface area (Å²) in [7, 11) is 1.81. The molecule has 200 valence electrons. The summed E-state index contributed by atoms with van der Waals surface area (Å²) in [5, 5.41) is 7.19. The highest BCUT2D eigenvalue weighted by atomic mass is 15.1. The number of rotatable bonds is 5. The van der Waals surface area contributed by atoms with Crippen LogP contribution in [-0.4, -0.2) is 24.8 Å². The van der Waals surface area contributed by atoms with Gasteiger partial charge >= 0.3 is 0 Å². The highest BCUT2D eigenvalue weighted by molar-refractivity contribution is 6.48. The summed E-state index contributed by atoms with van der Waals surface area (Å²) in [6, 6.07) is 26.2. The average molecular weight is 509 g/mol. The molecule has 0 unspecified atom stereocenters. The average Bonchev–Trinajstić information content (AvgIpc) is 2.91. The van der Waals surface area contributed by atoms with Crippen molar-refractivity contribution in [2.75, 3.05) is 17.7 Å². The van der Waals surface area contributed by atoms with Gasteiger partial charge in [0, 0.05) is 24.5 Å². The molecule has 4 nitrogen and oxygen atoms in total. The van der Waals surface area contributed by atoms with Crippen LogP contribution in [0.5, 0.6) is 0 Å². The van der Waals surface area contributed by atoms with Crippen LogP contribution in [0.3, 0.4) is 0 Å². The van der Waals surface area contributed by atoms with Crippen LogP contribution in [0.1, 0.15) is 83.8 Å². The van der Waals surface area contributed by atoms with Crippen LogP contribution in [0, 0.1) is 0 Å². The van der Waals surface area contributed by atoms with E-state index in [1.807, 2.05) is 37.4 Å². The number of aliphatic imine (C=N–C) groups is 2. The maximum Gasteiger partial charge on any atom is 0.169 e. The number of hydrogen-bond donors (Lipinski definition) is 2. The predicted octanol–water partition coefficient (Wildman–Crippen LogP) is 9.06. The molecule has 2 N–H and O–H groups in total. The largest absolute Gasteiger partial charge is 0.337 e. The minimum atomic E-state index is -0.0386. The van der Waals surface area contributed by atoms with E-state index >= 15 is 0 Å². The monoisotopic (exact) mass is 508 g/mol. The van der Waals surface area contributed by atoms with E-state index in [9.17, 15) is 0 Å². The smallest absolute Gasteiger partial charge is 0.169 e. The van der Waals surface area contributed by atoms with Gasteiger partial charge in [-0.2, -0.15) is 0 Å². The van der Waals surface area contributed by atoms with Crippen LogP contribution in [0.2, 0.25) is 0 Å². The molecule has 0 spiro atoms. The van der Waals surface area contributed by atoms with Crippen molar-refractivity contribution in [2.45, 2.75) is 84.1 Å². The van der Waals surface area contributed by atoms with E-state index in [2.05, 4.69) is 92.7 Å². The lowest BCUT2D eigenvalue weighted by Gasteiger charge is -2.27. The normalized spacial score (nSPS) is 15.6. The Hall–Kier alpha value is -3.40. The molecule has 0 atom stereocenters. The first kappa shape index (κ1) is 27.6. The summed E-state index contributed by atoms with van der Waals surface area (Å²) in [5.41, 5.74) is 7.35. The maximum absolute atomic E-state index is 4.97. The third-order valence-corrected chi connectivity index (χ3v) is 7.27. The van der Waals surface area contributed by atoms with Crippen molar-refractivity contribution in [3.8, 4) is 11.1 Å². The van der Waals surface area contributed by atoms with E-state index in [1.165, 1.54) is 54.4 Å². The summed E-state index contributed by atoms with van der Waals surface area (Å²) >= 11 is 0. The standard InChI is InChI=1S/C34H44N4/c1-24(2)36-33(32(35-6)37-27-17-11-8-12-18-27)38-31-23-26(21-22-30(31)34(3,4)5)29-20-14-13-19-28(29)25-15-9-7-10-16-25/h8,11-14,17-25H,7,9-10,15-16H2,1-6H3,(H,35,37)(H,36,38). The predicted molar refractivity (Wildman–Crippen MR) is 166 cm³/mol. The Balaban J connectivity index is 1.76. The first-order valence-electron chi connectivity index (χ1n) is 14.1. The number of hydrogen-bond acceptors (Lipinski definition) is 2. The van der Waals surface area contributed by atoms with Crippen LogP contribution in [0.15, 0.2) is 82.8 Å². The van der Waals surface area contributed by atoms with Crippen molar-refractivity contribution in [3.05, 3.63) is 83.9 Å². The second kappa shape index (κ2) is 12.4. The third-order valence-electron chi connectivity index (χ3n) is 7.27. The van der Waals surface area contributed by atoms with Crippen molar-refractivity contribution >= 4 is 23.0 Å². The SMILES string of the molecule is C/N=C(Nc1ccccc1)\C(=N/C(C)C)Nc1cc(-c2ccccc2C2CCCCC2)ccc1C(C)(C)C. The van der Waals surface area contributed by atoms with Gasteiger partial charge in [0.25, 0.3) is 0 Å². The molecule has 0 aromatic heterocycles. The molecule has 3 aromatic rings. The van der Waals surface area contributed by atoms with Gasteiger partial charge in [-0.1, -0.05) is 94.6 Å². The lowest BCUT2D eigenvalue weighted by molar-refractivity contribution is 0.444. The molecule has 1 saturated carbocycles. The van der Waals surface area contributed by atoms with Crippen molar-refractivity contribution in [3.63, 3.8) is 0 Å². The summed E-state index contributed by atoms with van der Waals surface area (Å²) in [6.07, 6.45) is 6.60. The third kappa shape index (κ3) is 6.92. The first-order valence-corrected chi connectivity index (χ1v) is 14.1. The van der Waals surface area contributed by atoms with Gasteiger partial charge in [0.2, 0.25) is 0 Å². The quantitative estimate of drug-likeness (QED) is 0.267. The Morgan fingerprint density at radius 3 is 2.16 bits per heavy atom. The van der Waals surface area contributed by atoms with Crippen LogP contribution in [-0.2, 0) is 5.41 Å². The molecular weight excluding hydrogens is 464 g/mol. The molecule has 38 heavy (non-hydrogen) atoms. The molecule has 4 heteroatoms. The minimum Gasteiger partial charge on any atom is -0.337 e. The zero-order chi connectivity index (χ0) is 27.1. The summed E-state index contributed by atoms with van der Waals surface area (Å²) < 4.78 is 0. The van der Waals surface area contributed by atoms with Gasteiger partial charge < -0.3 is 10.6 Å². The Bertz CT molecular complexity index is 1260. The van der Waals surface area contributed by atoms with E-state index < -0.39 is 0 Å². The lowest BCUT2D eigenvalue weighted by Crippen LogP contribution is -2.32. The molecule has 1 aliphatic carbocycles. The number of benzene rings is 3. The summed E-state index contributed by atoms with van der Waals surface area (Å²) in [6.45, 7) is 11.0. The van der Waals surface area contributed by atoms with Gasteiger partial charge in [-0.25, -0.2) is 0 Å². The first-order chi connectivity index (χ1) is 18.3. The molecule has 1 aliphatic rings. The van der Waals surface area contributed by atoms with E-state index in [-0.39, 0.29) is 11.5 Å². The second-order valence-corrected chi connectivity index (χ2v) is 11.7. The van der Waals surface area contributed by atoms with E-state index in [0.29, 0.717) is 5.92 Å². The molecule has 0 heterocycles. The fraction of sp³-hybridized carbons (Fsp3) is 0.412. The number of amidine groups is 2. The Labute approximate surface area is 229 Å². The number of nitrogens with one attached hydrogen (secondary N) is 2. The van der Waals surface area contributed by atoms with Crippen molar-refractivity contribution in [1.82, 2.24) is 0 Å². The van der Waals surface area contributed by atoms with Gasteiger partial charge in [0.15, 0.2) is 11.7 Å². The van der Waals surface area contributed by atoms with Gasteiger partial charge in [-0.3, -0.25) is 9.98 Å². The summed E-state index contributed by atoms with van der Waals surface area (Å²) in [5.74, 6) is 2.11. The molecule has 0 radical (unpaired) electrons. The Kier molecular flexibility index (Phi) is 9.04. The van der Waals surface area contributed by atoms with E-state index in [0.717, 1.165) is 23.0 Å². The van der Waals surface area contributed by atoms with Crippen LogP contribution >= 0.6 is 0 Å². The number of anilines is 2. The number of para-hydroxylation sites is 1. The van der Waals surface area contributed by atoms with Gasteiger partial charge in [-0.05, 0) is 78.5 Å². The molecule has 1 fully saturated rings. The molecule has 0 amide bonds. The Morgan fingerprint density at radius 2 is 1.50 bits per heavy atom. The van der Waals surface area contributed by atoms with Gasteiger partial charge in [-0.15, -0.1) is 0 Å². The lowest BCUT2D eigenvalue weighted by atomic mass is 9.80. The van der Waals surface area contributed by atoms with Crippen molar-refractivity contribution in [1.29, 1.82) is 0 Å². The maximum atomic E-state index is 4.97. The summed E-state index contributed by atoms with van der Waals surface area (Å²) in [4.78, 5) is 9.56. The fourth-order valence-electron chi connectivity index (χ4n) is 5.42. The van der Waals surface area contributed by atoms with Crippen LogP contribution in [0.4, 0.5) is 11.4 Å². The highest BCUT2D eigenvalue weighted by Crippen LogP contribution is 2.40. The minimum absolute atomic E-state index is 0.0386. The van der Waals surface area contributed by atoms with E-state index in [1.54, 1.807) is 0 Å². The molecule has 0 bridgehead atoms. The second-order valence-electron chi connectivity index (χ2n) is 11.7. The van der Waals surface area contributed by atoms with Crippen molar-refractivity contribution in [2.24, 2.45) is 9.98 Å². The Morgan fingerprint density at radius 1 is 0.816 bits per heavy atom. The number of nitrogens with zero attached hydrogens (tertiary/aromatic N) is 2. The molecule has 3 aromatic carbocycles. The van der Waals surface area contributed by atoms with Crippen LogP contribution in [0.25, 0.3) is 11.1 Å². The molecule has 0 aliphatic heterocycles. The highest BCUT2D eigenvalue weighted by Gasteiger charge is 2.23. The molecule has 4 rings (SSSR count). The van der Waals surface area contributed by atoms with Crippen LogP contribution < -0.4 is 10.6 Å².